The topological polar surface area (TPSA) is 101 Å². The van der Waals surface area contributed by atoms with E-state index in [0.717, 1.165) is 19.2 Å². The van der Waals surface area contributed by atoms with E-state index in [1.807, 2.05) is 0 Å². The first-order chi connectivity index (χ1) is 10.5. The van der Waals surface area contributed by atoms with Gasteiger partial charge < -0.3 is 14.9 Å². The third-order valence-corrected chi connectivity index (χ3v) is 3.56. The number of esters is 1. The Balaban J connectivity index is 2.37. The molecule has 6 nitrogen and oxygen atoms in total. The van der Waals surface area contributed by atoms with Gasteiger partial charge in [-0.15, -0.1) is 0 Å². The first-order valence-corrected chi connectivity index (χ1v) is 6.33. The summed E-state index contributed by atoms with van der Waals surface area (Å²) in [4.78, 5) is 37.0. The molecule has 2 N–H and O–H groups in total. The minimum Gasteiger partial charge on any atom is -0.507 e. The van der Waals surface area contributed by atoms with Crippen LogP contribution in [0.2, 0.25) is 0 Å². The van der Waals surface area contributed by atoms with Crippen LogP contribution >= 0.6 is 0 Å². The van der Waals surface area contributed by atoms with Crippen molar-refractivity contribution >= 4 is 17.5 Å². The lowest BCUT2D eigenvalue weighted by atomic mass is 9.81. The van der Waals surface area contributed by atoms with E-state index < -0.39 is 29.0 Å². The van der Waals surface area contributed by atoms with Crippen LogP contribution in [0.5, 0.6) is 11.5 Å². The lowest BCUT2D eigenvalue weighted by Gasteiger charge is -2.20. The molecule has 0 bridgehead atoms. The standard InChI is InChI=1S/C16H10O6/c1-22-16(21)8-4-2-3-7-11(8)15(20)13-10(18)6-5-9(17)12(13)14(7)19/h2-6,17-18H,1H3. The van der Waals surface area contributed by atoms with Gasteiger partial charge in [0.05, 0.1) is 23.8 Å². The summed E-state index contributed by atoms with van der Waals surface area (Å²) in [5.74, 6) is -2.94. The van der Waals surface area contributed by atoms with Crippen molar-refractivity contribution in [3.05, 3.63) is 58.1 Å². The Bertz CT molecular complexity index is 850. The molecule has 0 saturated heterocycles. The van der Waals surface area contributed by atoms with Crippen molar-refractivity contribution in [2.24, 2.45) is 0 Å². The van der Waals surface area contributed by atoms with E-state index in [4.69, 9.17) is 0 Å². The number of hydrogen-bond acceptors (Lipinski definition) is 6. The van der Waals surface area contributed by atoms with Crippen LogP contribution in [0.1, 0.15) is 42.2 Å². The van der Waals surface area contributed by atoms with Crippen LogP contribution < -0.4 is 0 Å². The quantitative estimate of drug-likeness (QED) is 0.523. The molecule has 1 aliphatic carbocycles. The van der Waals surface area contributed by atoms with Crippen LogP contribution in [-0.4, -0.2) is 34.9 Å². The van der Waals surface area contributed by atoms with Crippen molar-refractivity contribution in [3.63, 3.8) is 0 Å². The smallest absolute Gasteiger partial charge is 0.338 e. The van der Waals surface area contributed by atoms with Crippen molar-refractivity contribution in [1.29, 1.82) is 0 Å². The fraction of sp³-hybridized carbons (Fsp3) is 0.0625. The fourth-order valence-corrected chi connectivity index (χ4v) is 2.57. The molecule has 2 aromatic rings. The van der Waals surface area contributed by atoms with Crippen molar-refractivity contribution in [3.8, 4) is 11.5 Å². The SMILES string of the molecule is COC(=O)c1cccc2c1C(=O)c1c(O)ccc(O)c1C2=O. The molecule has 0 heterocycles. The molecule has 2 aromatic carbocycles. The Morgan fingerprint density at radius 3 is 2.09 bits per heavy atom. The Morgan fingerprint density at radius 1 is 0.909 bits per heavy atom. The van der Waals surface area contributed by atoms with Gasteiger partial charge in [-0.25, -0.2) is 4.79 Å². The highest BCUT2D eigenvalue weighted by atomic mass is 16.5. The van der Waals surface area contributed by atoms with Gasteiger partial charge in [0.25, 0.3) is 0 Å². The highest BCUT2D eigenvalue weighted by Gasteiger charge is 2.37. The third-order valence-electron chi connectivity index (χ3n) is 3.56. The number of rotatable bonds is 1. The molecule has 0 aliphatic heterocycles. The summed E-state index contributed by atoms with van der Waals surface area (Å²) >= 11 is 0. The van der Waals surface area contributed by atoms with Crippen LogP contribution in [0.3, 0.4) is 0 Å². The molecule has 0 amide bonds. The minimum atomic E-state index is -0.763. The number of carbonyl (C=O) groups is 3. The molecule has 3 rings (SSSR count). The number of aromatic hydroxyl groups is 2. The minimum absolute atomic E-state index is 0.0127. The third kappa shape index (κ3) is 1.70. The monoisotopic (exact) mass is 298 g/mol. The summed E-state index contributed by atoms with van der Waals surface area (Å²) in [6, 6.07) is 6.44. The molecule has 0 atom stereocenters. The molecule has 1 aliphatic rings. The highest BCUT2D eigenvalue weighted by molar-refractivity contribution is 6.32. The Labute approximate surface area is 124 Å². The molecule has 0 aromatic heterocycles. The summed E-state index contributed by atoms with van der Waals surface area (Å²) in [7, 11) is 1.16. The van der Waals surface area contributed by atoms with Gasteiger partial charge in [-0.1, -0.05) is 12.1 Å². The zero-order valence-electron chi connectivity index (χ0n) is 11.4. The van der Waals surface area contributed by atoms with Gasteiger partial charge in [-0.05, 0) is 18.2 Å². The van der Waals surface area contributed by atoms with E-state index in [1.54, 1.807) is 0 Å². The summed E-state index contributed by atoms with van der Waals surface area (Å²) in [6.45, 7) is 0. The number of benzene rings is 2. The maximum absolute atomic E-state index is 12.6. The maximum atomic E-state index is 12.6. The summed E-state index contributed by atoms with van der Waals surface area (Å²) in [5, 5.41) is 19.7. The average molecular weight is 298 g/mol. The van der Waals surface area contributed by atoms with E-state index in [-0.39, 0.29) is 27.8 Å². The van der Waals surface area contributed by atoms with E-state index >= 15 is 0 Å². The molecule has 0 saturated carbocycles. The number of ketones is 2. The van der Waals surface area contributed by atoms with Crippen molar-refractivity contribution < 1.29 is 29.3 Å². The fourth-order valence-electron chi connectivity index (χ4n) is 2.57. The number of phenolic OH excluding ortho intramolecular Hbond substituents is 2. The second-order valence-electron chi connectivity index (χ2n) is 4.73. The van der Waals surface area contributed by atoms with Gasteiger partial charge >= 0.3 is 5.97 Å². The summed E-state index contributed by atoms with van der Waals surface area (Å²) in [5.41, 5.74) is -0.783. The Hall–Kier alpha value is -3.15. The zero-order chi connectivity index (χ0) is 16.0. The zero-order valence-corrected chi connectivity index (χ0v) is 11.4. The predicted octanol–water partition coefficient (Wildman–Crippen LogP) is 1.66. The van der Waals surface area contributed by atoms with Gasteiger partial charge in [0.1, 0.15) is 11.5 Å². The first kappa shape index (κ1) is 13.8. The number of fused-ring (bicyclic) bond motifs is 2. The molecule has 0 unspecified atom stereocenters. The molecule has 22 heavy (non-hydrogen) atoms. The Morgan fingerprint density at radius 2 is 1.50 bits per heavy atom. The molecule has 0 radical (unpaired) electrons. The number of ether oxygens (including phenoxy) is 1. The molecular formula is C16H10O6. The van der Waals surface area contributed by atoms with Gasteiger partial charge in [-0.2, -0.15) is 0 Å². The first-order valence-electron chi connectivity index (χ1n) is 6.33. The second-order valence-corrected chi connectivity index (χ2v) is 4.73. The number of carbonyl (C=O) groups excluding carboxylic acids is 3. The van der Waals surface area contributed by atoms with Crippen molar-refractivity contribution in [1.82, 2.24) is 0 Å². The van der Waals surface area contributed by atoms with E-state index in [0.29, 0.717) is 0 Å². The molecule has 110 valence electrons. The van der Waals surface area contributed by atoms with Crippen LogP contribution in [0.4, 0.5) is 0 Å². The largest absolute Gasteiger partial charge is 0.507 e. The number of phenols is 2. The summed E-state index contributed by atoms with van der Waals surface area (Å²) < 4.78 is 4.61. The van der Waals surface area contributed by atoms with Crippen LogP contribution in [0, 0.1) is 0 Å². The van der Waals surface area contributed by atoms with Crippen LogP contribution in [0.25, 0.3) is 0 Å². The van der Waals surface area contributed by atoms with Crippen LogP contribution in [-0.2, 0) is 4.74 Å². The van der Waals surface area contributed by atoms with E-state index in [9.17, 15) is 24.6 Å². The van der Waals surface area contributed by atoms with Gasteiger partial charge in [-0.3, -0.25) is 9.59 Å². The average Bonchev–Trinajstić information content (AvgIpc) is 2.53. The van der Waals surface area contributed by atoms with Gasteiger partial charge in [0.2, 0.25) is 0 Å². The Kier molecular flexibility index (Phi) is 2.95. The van der Waals surface area contributed by atoms with Crippen molar-refractivity contribution in [2.75, 3.05) is 7.11 Å². The highest BCUT2D eigenvalue weighted by Crippen LogP contribution is 2.38. The van der Waals surface area contributed by atoms with Gasteiger partial charge in [0.15, 0.2) is 11.6 Å². The maximum Gasteiger partial charge on any atom is 0.338 e. The normalized spacial score (nSPS) is 12.6. The number of methoxy groups -OCH3 is 1. The molecular weight excluding hydrogens is 288 g/mol. The molecule has 0 fully saturated rings. The predicted molar refractivity (Wildman–Crippen MR) is 74.4 cm³/mol. The molecule has 0 spiro atoms. The van der Waals surface area contributed by atoms with Crippen molar-refractivity contribution in [2.45, 2.75) is 0 Å². The van der Waals surface area contributed by atoms with Gasteiger partial charge in [0, 0.05) is 11.1 Å². The second kappa shape index (κ2) is 4.70. The summed E-state index contributed by atoms with van der Waals surface area (Å²) in [6.07, 6.45) is 0. The molecule has 6 heteroatoms. The lowest BCUT2D eigenvalue weighted by molar-refractivity contribution is 0.0597. The van der Waals surface area contributed by atoms with Crippen LogP contribution in [0.15, 0.2) is 30.3 Å². The number of hydrogen-bond donors (Lipinski definition) is 2. The lowest BCUT2D eigenvalue weighted by Crippen LogP contribution is -2.24. The van der Waals surface area contributed by atoms with E-state index in [2.05, 4.69) is 4.74 Å². The van der Waals surface area contributed by atoms with E-state index in [1.165, 1.54) is 18.2 Å².